The SMILES string of the molecule is CCC(=O)c1ccc(-c2ccc(OC)c3nc(C4CC4)nn23)cc1. The number of hydrogen-bond acceptors (Lipinski definition) is 4. The van der Waals surface area contributed by atoms with Crippen molar-refractivity contribution in [1.29, 1.82) is 0 Å². The molecule has 0 bridgehead atoms. The largest absolute Gasteiger partial charge is 0.493 e. The second-order valence-corrected chi connectivity index (χ2v) is 6.12. The summed E-state index contributed by atoms with van der Waals surface area (Å²) in [5, 5.41) is 4.69. The van der Waals surface area contributed by atoms with Crippen molar-refractivity contribution in [1.82, 2.24) is 14.6 Å². The first-order chi connectivity index (χ1) is 11.7. The van der Waals surface area contributed by atoms with Crippen molar-refractivity contribution in [3.8, 4) is 17.0 Å². The molecular weight excluding hydrogens is 302 g/mol. The normalized spacial score (nSPS) is 14.1. The molecule has 0 amide bonds. The van der Waals surface area contributed by atoms with Gasteiger partial charge in [-0.05, 0) is 25.0 Å². The predicted molar refractivity (Wildman–Crippen MR) is 91.6 cm³/mol. The minimum absolute atomic E-state index is 0.151. The maximum Gasteiger partial charge on any atom is 0.198 e. The Kier molecular flexibility index (Phi) is 3.56. The Bertz CT molecular complexity index is 908. The molecule has 0 spiro atoms. The molecule has 1 aliphatic rings. The molecule has 2 aromatic heterocycles. The molecule has 1 saturated carbocycles. The van der Waals surface area contributed by atoms with Crippen molar-refractivity contribution < 1.29 is 9.53 Å². The van der Waals surface area contributed by atoms with Gasteiger partial charge in [-0.3, -0.25) is 4.79 Å². The van der Waals surface area contributed by atoms with E-state index in [4.69, 9.17) is 9.84 Å². The summed E-state index contributed by atoms with van der Waals surface area (Å²) in [6.45, 7) is 1.87. The number of carbonyl (C=O) groups excluding carboxylic acids is 1. The number of nitrogens with zero attached hydrogens (tertiary/aromatic N) is 3. The number of ketones is 1. The van der Waals surface area contributed by atoms with Gasteiger partial charge in [0.15, 0.2) is 23.0 Å². The molecule has 0 atom stereocenters. The van der Waals surface area contributed by atoms with E-state index in [9.17, 15) is 4.79 Å². The van der Waals surface area contributed by atoms with E-state index in [-0.39, 0.29) is 5.78 Å². The molecule has 0 aliphatic heterocycles. The van der Waals surface area contributed by atoms with Gasteiger partial charge in [-0.2, -0.15) is 5.10 Å². The first-order valence-electron chi connectivity index (χ1n) is 8.28. The third-order valence-electron chi connectivity index (χ3n) is 4.45. The predicted octanol–water partition coefficient (Wildman–Crippen LogP) is 3.88. The minimum atomic E-state index is 0.151. The van der Waals surface area contributed by atoms with Crippen molar-refractivity contribution >= 4 is 11.4 Å². The lowest BCUT2D eigenvalue weighted by molar-refractivity contribution is 0.0988. The molecule has 0 radical (unpaired) electrons. The number of rotatable bonds is 5. The highest BCUT2D eigenvalue weighted by atomic mass is 16.5. The number of benzene rings is 1. The Morgan fingerprint density at radius 1 is 1.21 bits per heavy atom. The second-order valence-electron chi connectivity index (χ2n) is 6.12. The fourth-order valence-electron chi connectivity index (χ4n) is 2.88. The van der Waals surface area contributed by atoms with E-state index in [2.05, 4.69) is 4.98 Å². The lowest BCUT2D eigenvalue weighted by atomic mass is 10.0. The zero-order valence-electron chi connectivity index (χ0n) is 13.8. The molecule has 3 aromatic rings. The smallest absolute Gasteiger partial charge is 0.198 e. The van der Waals surface area contributed by atoms with Crippen molar-refractivity contribution in [2.24, 2.45) is 0 Å². The van der Waals surface area contributed by atoms with E-state index in [1.807, 2.05) is 47.8 Å². The van der Waals surface area contributed by atoms with Crippen LogP contribution in [-0.2, 0) is 0 Å². The van der Waals surface area contributed by atoms with Crippen LogP contribution in [0.15, 0.2) is 36.4 Å². The van der Waals surface area contributed by atoms with E-state index >= 15 is 0 Å². The maximum absolute atomic E-state index is 11.8. The van der Waals surface area contributed by atoms with E-state index < -0.39 is 0 Å². The Labute approximate surface area is 140 Å². The van der Waals surface area contributed by atoms with Gasteiger partial charge in [-0.1, -0.05) is 31.2 Å². The van der Waals surface area contributed by atoms with Gasteiger partial charge in [-0.15, -0.1) is 0 Å². The highest BCUT2D eigenvalue weighted by Crippen LogP contribution is 2.39. The van der Waals surface area contributed by atoms with E-state index in [0.717, 1.165) is 46.9 Å². The van der Waals surface area contributed by atoms with Crippen LogP contribution in [0.3, 0.4) is 0 Å². The van der Waals surface area contributed by atoms with Gasteiger partial charge in [0.05, 0.1) is 12.8 Å². The molecule has 5 nitrogen and oxygen atoms in total. The zero-order valence-corrected chi connectivity index (χ0v) is 13.8. The van der Waals surface area contributed by atoms with Gasteiger partial charge >= 0.3 is 0 Å². The van der Waals surface area contributed by atoms with Crippen LogP contribution in [0.5, 0.6) is 5.75 Å². The van der Waals surface area contributed by atoms with Gasteiger partial charge in [0, 0.05) is 23.5 Å². The number of carbonyl (C=O) groups is 1. The zero-order chi connectivity index (χ0) is 16.7. The number of ether oxygens (including phenoxy) is 1. The molecule has 2 heterocycles. The monoisotopic (exact) mass is 321 g/mol. The second kappa shape index (κ2) is 5.74. The van der Waals surface area contributed by atoms with E-state index in [1.54, 1.807) is 7.11 Å². The molecule has 1 fully saturated rings. The van der Waals surface area contributed by atoms with Gasteiger partial charge in [0.25, 0.3) is 0 Å². The molecule has 24 heavy (non-hydrogen) atoms. The maximum atomic E-state index is 11.8. The number of hydrogen-bond donors (Lipinski definition) is 0. The Hall–Kier alpha value is -2.69. The van der Waals surface area contributed by atoms with Gasteiger partial charge in [0.1, 0.15) is 0 Å². The fraction of sp³-hybridized carbons (Fsp3) is 0.316. The summed E-state index contributed by atoms with van der Waals surface area (Å²) in [4.78, 5) is 16.5. The number of pyridine rings is 1. The van der Waals surface area contributed by atoms with Crippen molar-refractivity contribution in [3.63, 3.8) is 0 Å². The van der Waals surface area contributed by atoms with Crippen LogP contribution in [0.2, 0.25) is 0 Å². The molecular formula is C19H19N3O2. The number of aromatic nitrogens is 3. The summed E-state index contributed by atoms with van der Waals surface area (Å²) in [7, 11) is 1.64. The third kappa shape index (κ3) is 2.46. The summed E-state index contributed by atoms with van der Waals surface area (Å²) in [5.74, 6) is 2.24. The van der Waals surface area contributed by atoms with E-state index in [1.165, 1.54) is 0 Å². The van der Waals surface area contributed by atoms with Gasteiger partial charge in [0.2, 0.25) is 0 Å². The average molecular weight is 321 g/mol. The highest BCUT2D eigenvalue weighted by molar-refractivity contribution is 5.96. The molecule has 0 saturated heterocycles. The minimum Gasteiger partial charge on any atom is -0.493 e. The average Bonchev–Trinajstić information content (AvgIpc) is 3.39. The first kappa shape index (κ1) is 14.9. The van der Waals surface area contributed by atoms with Crippen molar-refractivity contribution in [3.05, 3.63) is 47.8 Å². The standard InChI is InChI=1S/C19H19N3O2/c1-3-16(23)13-6-4-12(5-7-13)15-10-11-17(24-2)19-20-18(14-8-9-14)21-22(15)19/h4-7,10-11,14H,3,8-9H2,1-2H3. The van der Waals surface area contributed by atoms with Gasteiger partial charge in [-0.25, -0.2) is 9.50 Å². The first-order valence-corrected chi connectivity index (χ1v) is 8.28. The van der Waals surface area contributed by atoms with E-state index in [0.29, 0.717) is 12.3 Å². The van der Waals surface area contributed by atoms with Crippen LogP contribution in [0, 0.1) is 0 Å². The number of methoxy groups -OCH3 is 1. The van der Waals surface area contributed by atoms with Crippen molar-refractivity contribution in [2.45, 2.75) is 32.1 Å². The topological polar surface area (TPSA) is 56.5 Å². The van der Waals surface area contributed by atoms with Crippen LogP contribution in [0.4, 0.5) is 0 Å². The van der Waals surface area contributed by atoms with Crippen LogP contribution >= 0.6 is 0 Å². The Morgan fingerprint density at radius 2 is 1.96 bits per heavy atom. The molecule has 122 valence electrons. The summed E-state index contributed by atoms with van der Waals surface area (Å²) >= 11 is 0. The molecule has 0 unspecified atom stereocenters. The van der Waals surface area contributed by atoms with Crippen LogP contribution in [0.1, 0.15) is 48.3 Å². The Balaban J connectivity index is 1.82. The van der Waals surface area contributed by atoms with Crippen LogP contribution in [0.25, 0.3) is 16.9 Å². The quantitative estimate of drug-likeness (QED) is 0.669. The summed E-state index contributed by atoms with van der Waals surface area (Å²) in [6.07, 6.45) is 2.82. The molecule has 4 rings (SSSR count). The molecule has 5 heteroatoms. The summed E-state index contributed by atoms with van der Waals surface area (Å²) in [6, 6.07) is 11.6. The summed E-state index contributed by atoms with van der Waals surface area (Å²) in [5.41, 5.74) is 3.43. The molecule has 0 N–H and O–H groups in total. The van der Waals surface area contributed by atoms with Crippen molar-refractivity contribution in [2.75, 3.05) is 7.11 Å². The third-order valence-corrected chi connectivity index (χ3v) is 4.45. The lowest BCUT2D eigenvalue weighted by Crippen LogP contribution is -1.99. The Morgan fingerprint density at radius 3 is 2.58 bits per heavy atom. The fourth-order valence-corrected chi connectivity index (χ4v) is 2.88. The number of fused-ring (bicyclic) bond motifs is 1. The van der Waals surface area contributed by atoms with Crippen LogP contribution < -0.4 is 4.74 Å². The summed E-state index contributed by atoms with van der Waals surface area (Å²) < 4.78 is 7.28. The van der Waals surface area contributed by atoms with Gasteiger partial charge < -0.3 is 4.74 Å². The lowest BCUT2D eigenvalue weighted by Gasteiger charge is -2.08. The number of Topliss-reactive ketones (excluding diaryl/α,β-unsaturated/α-hetero) is 1. The highest BCUT2D eigenvalue weighted by Gasteiger charge is 2.29. The van der Waals surface area contributed by atoms with Crippen LogP contribution in [-0.4, -0.2) is 27.5 Å². The molecule has 1 aliphatic carbocycles. The molecule has 1 aromatic carbocycles.